The van der Waals surface area contributed by atoms with E-state index in [1.54, 1.807) is 11.8 Å². The van der Waals surface area contributed by atoms with Gasteiger partial charge in [0.15, 0.2) is 5.16 Å². The van der Waals surface area contributed by atoms with E-state index < -0.39 is 0 Å². The summed E-state index contributed by atoms with van der Waals surface area (Å²) in [4.78, 5) is 26.6. The highest BCUT2D eigenvalue weighted by atomic mass is 32.2. The van der Waals surface area contributed by atoms with E-state index in [2.05, 4.69) is 42.0 Å². The number of aryl methyl sites for hydroxylation is 1. The van der Waals surface area contributed by atoms with Crippen LogP contribution in [0.5, 0.6) is 0 Å². The molecule has 1 aliphatic heterocycles. The van der Waals surface area contributed by atoms with Gasteiger partial charge >= 0.3 is 0 Å². The summed E-state index contributed by atoms with van der Waals surface area (Å²) in [5, 5.41) is 3.82. The highest BCUT2D eigenvalue weighted by Crippen LogP contribution is 2.23. The lowest BCUT2D eigenvalue weighted by Gasteiger charge is -2.26. The molecule has 1 aromatic carbocycles. The van der Waals surface area contributed by atoms with E-state index in [1.165, 1.54) is 0 Å². The quantitative estimate of drug-likeness (QED) is 0.410. The number of aromatic nitrogens is 2. The average molecular weight is 458 g/mol. The van der Waals surface area contributed by atoms with Gasteiger partial charge in [-0.3, -0.25) is 9.69 Å². The molecule has 32 heavy (non-hydrogen) atoms. The molecule has 174 valence electrons. The first-order chi connectivity index (χ1) is 15.6. The van der Waals surface area contributed by atoms with Crippen molar-refractivity contribution < 1.29 is 9.53 Å². The number of nitrogens with zero attached hydrogens (tertiary/aromatic N) is 4. The van der Waals surface area contributed by atoms with E-state index in [0.29, 0.717) is 12.1 Å². The first-order valence-electron chi connectivity index (χ1n) is 11.6. The molecule has 0 atom stereocenters. The number of hydrogen-bond acceptors (Lipinski definition) is 7. The molecule has 1 aliphatic rings. The fourth-order valence-electron chi connectivity index (χ4n) is 3.62. The predicted octanol–water partition coefficient (Wildman–Crippen LogP) is 3.24. The van der Waals surface area contributed by atoms with Gasteiger partial charge < -0.3 is 15.0 Å². The molecule has 2 heterocycles. The van der Waals surface area contributed by atoms with Gasteiger partial charge in [-0.1, -0.05) is 30.8 Å². The molecule has 0 radical (unpaired) electrons. The zero-order valence-electron chi connectivity index (χ0n) is 19.5. The van der Waals surface area contributed by atoms with Crippen molar-refractivity contribution >= 4 is 23.5 Å². The summed E-state index contributed by atoms with van der Waals surface area (Å²) in [5.74, 6) is 1.68. The summed E-state index contributed by atoms with van der Waals surface area (Å²) in [7, 11) is 0. The highest BCUT2D eigenvalue weighted by Gasteiger charge is 2.12. The van der Waals surface area contributed by atoms with Gasteiger partial charge in [0, 0.05) is 62.3 Å². The minimum Gasteiger partial charge on any atom is -0.379 e. The molecule has 1 fully saturated rings. The van der Waals surface area contributed by atoms with Gasteiger partial charge in [-0.25, -0.2) is 9.97 Å². The van der Waals surface area contributed by atoms with Crippen LogP contribution in [-0.2, 0) is 16.9 Å². The third-order valence-electron chi connectivity index (χ3n) is 5.57. The number of benzene rings is 1. The van der Waals surface area contributed by atoms with Crippen LogP contribution in [-0.4, -0.2) is 73.3 Å². The average Bonchev–Trinajstić information content (AvgIpc) is 2.84. The van der Waals surface area contributed by atoms with Crippen LogP contribution in [0.4, 0.5) is 5.82 Å². The Balaban J connectivity index is 1.57. The monoisotopic (exact) mass is 457 g/mol. The van der Waals surface area contributed by atoms with Gasteiger partial charge in [-0.05, 0) is 38.0 Å². The van der Waals surface area contributed by atoms with Crippen LogP contribution in [0.2, 0.25) is 0 Å². The Labute approximate surface area is 195 Å². The van der Waals surface area contributed by atoms with Crippen molar-refractivity contribution in [1.29, 1.82) is 0 Å². The number of thioether (sulfide) groups is 1. The van der Waals surface area contributed by atoms with Gasteiger partial charge in [0.05, 0.1) is 13.2 Å². The second-order valence-electron chi connectivity index (χ2n) is 7.72. The fraction of sp³-hybridized carbons (Fsp3) is 0.542. The molecular weight excluding hydrogens is 422 g/mol. The topological polar surface area (TPSA) is 70.6 Å². The van der Waals surface area contributed by atoms with E-state index in [-0.39, 0.29) is 5.91 Å². The molecule has 1 amide bonds. The summed E-state index contributed by atoms with van der Waals surface area (Å²) < 4.78 is 5.36. The number of ether oxygens (including phenoxy) is 1. The standard InChI is InChI=1S/C24H35N5O2S/c1-4-21-17-22(29(5-2)6-3)27-24(26-21)32-18-19-8-7-9-20(16-19)23(30)25-10-11-28-12-14-31-15-13-28/h7-9,16-17H,4-6,10-15,18H2,1-3H3,(H,25,30). The molecule has 0 bridgehead atoms. The smallest absolute Gasteiger partial charge is 0.251 e. The predicted molar refractivity (Wildman–Crippen MR) is 131 cm³/mol. The molecule has 3 rings (SSSR count). The number of morpholine rings is 1. The minimum absolute atomic E-state index is 0.0295. The lowest BCUT2D eigenvalue weighted by Crippen LogP contribution is -2.41. The molecule has 0 saturated carbocycles. The maximum Gasteiger partial charge on any atom is 0.251 e. The van der Waals surface area contributed by atoms with Crippen molar-refractivity contribution in [2.24, 2.45) is 0 Å². The number of anilines is 1. The number of carbonyl (C=O) groups is 1. The van der Waals surface area contributed by atoms with Crippen LogP contribution >= 0.6 is 11.8 Å². The van der Waals surface area contributed by atoms with E-state index in [0.717, 1.165) is 80.3 Å². The van der Waals surface area contributed by atoms with E-state index in [1.807, 2.05) is 24.3 Å². The number of nitrogens with one attached hydrogen (secondary N) is 1. The van der Waals surface area contributed by atoms with Crippen molar-refractivity contribution in [1.82, 2.24) is 20.2 Å². The molecule has 8 heteroatoms. The van der Waals surface area contributed by atoms with Crippen molar-refractivity contribution in [3.63, 3.8) is 0 Å². The Bertz CT molecular complexity index is 869. The number of amides is 1. The Hall–Kier alpha value is -2.16. The Morgan fingerprint density at radius 3 is 2.66 bits per heavy atom. The van der Waals surface area contributed by atoms with Crippen molar-refractivity contribution in [3.05, 3.63) is 47.2 Å². The van der Waals surface area contributed by atoms with Crippen LogP contribution < -0.4 is 10.2 Å². The summed E-state index contributed by atoms with van der Waals surface area (Å²) in [6, 6.07) is 9.90. The molecule has 2 aromatic rings. The van der Waals surface area contributed by atoms with E-state index >= 15 is 0 Å². The zero-order valence-corrected chi connectivity index (χ0v) is 20.3. The highest BCUT2D eigenvalue weighted by molar-refractivity contribution is 7.98. The normalized spacial score (nSPS) is 14.3. The maximum absolute atomic E-state index is 12.6. The largest absolute Gasteiger partial charge is 0.379 e. The lowest BCUT2D eigenvalue weighted by atomic mass is 10.1. The zero-order chi connectivity index (χ0) is 22.8. The third-order valence-corrected chi connectivity index (χ3v) is 6.49. The van der Waals surface area contributed by atoms with E-state index in [9.17, 15) is 4.79 Å². The SMILES string of the molecule is CCc1cc(N(CC)CC)nc(SCc2cccc(C(=O)NCCN3CCOCC3)c2)n1. The minimum atomic E-state index is -0.0295. The number of hydrogen-bond donors (Lipinski definition) is 1. The van der Waals surface area contributed by atoms with Gasteiger partial charge in [0.1, 0.15) is 5.82 Å². The molecular formula is C24H35N5O2S. The van der Waals surface area contributed by atoms with Crippen molar-refractivity contribution in [2.45, 2.75) is 38.1 Å². The molecule has 1 N–H and O–H groups in total. The second-order valence-corrected chi connectivity index (χ2v) is 8.67. The van der Waals surface area contributed by atoms with Crippen molar-refractivity contribution in [3.8, 4) is 0 Å². The Kier molecular flexibility index (Phi) is 9.77. The van der Waals surface area contributed by atoms with E-state index in [4.69, 9.17) is 14.7 Å². The Morgan fingerprint density at radius 1 is 1.16 bits per heavy atom. The lowest BCUT2D eigenvalue weighted by molar-refractivity contribution is 0.0383. The molecule has 0 spiro atoms. The molecule has 1 aromatic heterocycles. The second kappa shape index (κ2) is 12.8. The van der Waals surface area contributed by atoms with Gasteiger partial charge in [-0.15, -0.1) is 0 Å². The first-order valence-corrected chi connectivity index (χ1v) is 12.5. The maximum atomic E-state index is 12.6. The molecule has 1 saturated heterocycles. The Morgan fingerprint density at radius 2 is 1.94 bits per heavy atom. The molecule has 0 aliphatic carbocycles. The number of carbonyl (C=O) groups excluding carboxylic acids is 1. The molecule has 0 unspecified atom stereocenters. The summed E-state index contributed by atoms with van der Waals surface area (Å²) >= 11 is 1.61. The first kappa shape index (κ1) is 24.5. The van der Waals surface area contributed by atoms with Crippen LogP contribution in [0.25, 0.3) is 0 Å². The number of rotatable bonds is 11. The fourth-order valence-corrected chi connectivity index (χ4v) is 4.43. The third kappa shape index (κ3) is 7.18. The van der Waals surface area contributed by atoms with Gasteiger partial charge in [0.2, 0.25) is 0 Å². The summed E-state index contributed by atoms with van der Waals surface area (Å²) in [6.45, 7) is 13.1. The van der Waals surface area contributed by atoms with Crippen molar-refractivity contribution in [2.75, 3.05) is 57.4 Å². The van der Waals surface area contributed by atoms with Gasteiger partial charge in [-0.2, -0.15) is 0 Å². The van der Waals surface area contributed by atoms with Crippen LogP contribution in [0.3, 0.4) is 0 Å². The van der Waals surface area contributed by atoms with Crippen LogP contribution in [0.15, 0.2) is 35.5 Å². The summed E-state index contributed by atoms with van der Waals surface area (Å²) in [6.07, 6.45) is 0.879. The van der Waals surface area contributed by atoms with Crippen LogP contribution in [0.1, 0.15) is 42.4 Å². The van der Waals surface area contributed by atoms with Crippen LogP contribution in [0, 0.1) is 0 Å². The summed E-state index contributed by atoms with van der Waals surface area (Å²) in [5.41, 5.74) is 2.83. The van der Waals surface area contributed by atoms with Gasteiger partial charge in [0.25, 0.3) is 5.91 Å². The molecule has 7 nitrogen and oxygen atoms in total.